The van der Waals surface area contributed by atoms with Gasteiger partial charge in [0.05, 0.1) is 11.3 Å². The minimum absolute atomic E-state index is 0.0959. The summed E-state index contributed by atoms with van der Waals surface area (Å²) in [5, 5.41) is 4.50. The standard InChI is InChI=1S/C23H17F3N2OS/c1-15-7-9-16(10-8-15)19-14-30-21(20(19)28-11-2-3-12-28)22(29)27-18-6-4-5-17(13-18)23(24,25)26/h2-14H,1H3,(H,27,29). The maximum absolute atomic E-state index is 13.0. The molecule has 2 heterocycles. The van der Waals surface area contributed by atoms with Crippen LogP contribution in [-0.4, -0.2) is 10.5 Å². The fraction of sp³-hybridized carbons (Fsp3) is 0.0870. The van der Waals surface area contributed by atoms with E-state index >= 15 is 0 Å². The first kappa shape index (κ1) is 20.0. The summed E-state index contributed by atoms with van der Waals surface area (Å²) in [6, 6.07) is 16.3. The second kappa shape index (κ2) is 7.84. The molecule has 0 saturated heterocycles. The van der Waals surface area contributed by atoms with E-state index in [1.54, 1.807) is 0 Å². The largest absolute Gasteiger partial charge is 0.416 e. The number of thiophene rings is 1. The van der Waals surface area contributed by atoms with Crippen molar-refractivity contribution in [2.75, 3.05) is 5.32 Å². The summed E-state index contributed by atoms with van der Waals surface area (Å²) in [7, 11) is 0. The van der Waals surface area contributed by atoms with E-state index < -0.39 is 17.6 Å². The maximum Gasteiger partial charge on any atom is 0.416 e. The van der Waals surface area contributed by atoms with Crippen LogP contribution in [0.4, 0.5) is 18.9 Å². The number of nitrogens with zero attached hydrogens (tertiary/aromatic N) is 1. The number of anilines is 1. The monoisotopic (exact) mass is 426 g/mol. The molecule has 7 heteroatoms. The van der Waals surface area contributed by atoms with Crippen LogP contribution in [0.25, 0.3) is 16.8 Å². The number of amides is 1. The number of alkyl halides is 3. The first-order chi connectivity index (χ1) is 14.3. The highest BCUT2D eigenvalue weighted by Gasteiger charge is 2.30. The number of aromatic nitrogens is 1. The van der Waals surface area contributed by atoms with Crippen LogP contribution in [0.15, 0.2) is 78.4 Å². The Morgan fingerprint density at radius 3 is 2.37 bits per heavy atom. The van der Waals surface area contributed by atoms with Gasteiger partial charge >= 0.3 is 6.18 Å². The molecule has 0 aliphatic rings. The van der Waals surface area contributed by atoms with Gasteiger partial charge in [-0.05, 0) is 42.8 Å². The molecule has 2 aromatic heterocycles. The molecule has 30 heavy (non-hydrogen) atoms. The molecule has 0 atom stereocenters. The van der Waals surface area contributed by atoms with Gasteiger partial charge in [0.1, 0.15) is 4.88 Å². The zero-order valence-electron chi connectivity index (χ0n) is 15.9. The van der Waals surface area contributed by atoms with Crippen molar-refractivity contribution in [3.63, 3.8) is 0 Å². The van der Waals surface area contributed by atoms with Crippen molar-refractivity contribution in [3.05, 3.63) is 94.4 Å². The van der Waals surface area contributed by atoms with Crippen molar-refractivity contribution in [2.45, 2.75) is 13.1 Å². The van der Waals surface area contributed by atoms with Gasteiger partial charge in [0, 0.05) is 29.0 Å². The summed E-state index contributed by atoms with van der Waals surface area (Å²) >= 11 is 1.26. The molecular formula is C23H17F3N2OS. The third-order valence-electron chi connectivity index (χ3n) is 4.64. The number of halogens is 3. The molecule has 0 unspecified atom stereocenters. The van der Waals surface area contributed by atoms with E-state index in [4.69, 9.17) is 0 Å². The Hall–Kier alpha value is -3.32. The molecule has 4 aromatic rings. The van der Waals surface area contributed by atoms with Crippen LogP contribution in [-0.2, 0) is 6.18 Å². The number of hydrogen-bond donors (Lipinski definition) is 1. The maximum atomic E-state index is 13.0. The van der Waals surface area contributed by atoms with Crippen molar-refractivity contribution >= 4 is 22.9 Å². The number of nitrogens with one attached hydrogen (secondary N) is 1. The molecule has 4 rings (SSSR count). The predicted molar refractivity (Wildman–Crippen MR) is 113 cm³/mol. The van der Waals surface area contributed by atoms with Gasteiger partial charge in [0.2, 0.25) is 0 Å². The summed E-state index contributed by atoms with van der Waals surface area (Å²) in [5.41, 5.74) is 2.94. The Kier molecular flexibility index (Phi) is 5.22. The van der Waals surface area contributed by atoms with E-state index in [0.29, 0.717) is 10.6 Å². The van der Waals surface area contributed by atoms with Gasteiger partial charge in [-0.3, -0.25) is 4.79 Å². The highest BCUT2D eigenvalue weighted by molar-refractivity contribution is 7.13. The molecule has 0 fully saturated rings. The van der Waals surface area contributed by atoms with Crippen LogP contribution < -0.4 is 5.32 Å². The highest BCUT2D eigenvalue weighted by Crippen LogP contribution is 2.36. The number of carbonyl (C=O) groups excluding carboxylic acids is 1. The van der Waals surface area contributed by atoms with E-state index in [1.807, 2.05) is 65.7 Å². The Morgan fingerprint density at radius 2 is 1.70 bits per heavy atom. The summed E-state index contributed by atoms with van der Waals surface area (Å²) in [6.45, 7) is 2.00. The number of aryl methyl sites for hydroxylation is 1. The lowest BCUT2D eigenvalue weighted by molar-refractivity contribution is -0.137. The topological polar surface area (TPSA) is 34.0 Å². The molecule has 0 spiro atoms. The van der Waals surface area contributed by atoms with Gasteiger partial charge < -0.3 is 9.88 Å². The number of rotatable bonds is 4. The van der Waals surface area contributed by atoms with Crippen molar-refractivity contribution in [1.82, 2.24) is 4.57 Å². The van der Waals surface area contributed by atoms with E-state index in [0.717, 1.165) is 28.8 Å². The Labute approximate surface area is 175 Å². The zero-order chi connectivity index (χ0) is 21.3. The van der Waals surface area contributed by atoms with Crippen molar-refractivity contribution in [2.24, 2.45) is 0 Å². The van der Waals surface area contributed by atoms with E-state index in [9.17, 15) is 18.0 Å². The van der Waals surface area contributed by atoms with E-state index in [1.165, 1.54) is 23.5 Å². The van der Waals surface area contributed by atoms with Gasteiger partial charge in [-0.2, -0.15) is 13.2 Å². The van der Waals surface area contributed by atoms with Crippen LogP contribution in [0.1, 0.15) is 20.8 Å². The highest BCUT2D eigenvalue weighted by atomic mass is 32.1. The minimum atomic E-state index is -4.47. The first-order valence-corrected chi connectivity index (χ1v) is 10.0. The number of hydrogen-bond acceptors (Lipinski definition) is 2. The Morgan fingerprint density at radius 1 is 1.00 bits per heavy atom. The minimum Gasteiger partial charge on any atom is -0.322 e. The molecule has 1 N–H and O–H groups in total. The van der Waals surface area contributed by atoms with E-state index in [2.05, 4.69) is 5.32 Å². The molecule has 152 valence electrons. The van der Waals surface area contributed by atoms with Crippen LogP contribution >= 0.6 is 11.3 Å². The summed E-state index contributed by atoms with van der Waals surface area (Å²) in [4.78, 5) is 13.4. The summed E-state index contributed by atoms with van der Waals surface area (Å²) in [6.07, 6.45) is -0.805. The molecular weight excluding hydrogens is 409 g/mol. The summed E-state index contributed by atoms with van der Waals surface area (Å²) in [5.74, 6) is -0.457. The first-order valence-electron chi connectivity index (χ1n) is 9.13. The van der Waals surface area contributed by atoms with Gasteiger partial charge in [-0.25, -0.2) is 0 Å². The van der Waals surface area contributed by atoms with Crippen LogP contribution in [0.3, 0.4) is 0 Å². The van der Waals surface area contributed by atoms with Gasteiger partial charge in [-0.1, -0.05) is 35.9 Å². The van der Waals surface area contributed by atoms with Gasteiger partial charge in [0.25, 0.3) is 5.91 Å². The molecule has 0 bridgehead atoms. The molecule has 3 nitrogen and oxygen atoms in total. The fourth-order valence-corrected chi connectivity index (χ4v) is 4.12. The summed E-state index contributed by atoms with van der Waals surface area (Å²) < 4.78 is 40.8. The average molecular weight is 426 g/mol. The number of benzene rings is 2. The molecule has 1 amide bonds. The molecule has 0 saturated carbocycles. The van der Waals surface area contributed by atoms with Crippen LogP contribution in [0.5, 0.6) is 0 Å². The number of carbonyl (C=O) groups is 1. The molecule has 0 aliphatic carbocycles. The SMILES string of the molecule is Cc1ccc(-c2csc(C(=O)Nc3cccc(C(F)(F)F)c3)c2-n2cccc2)cc1. The fourth-order valence-electron chi connectivity index (χ4n) is 3.15. The third-order valence-corrected chi connectivity index (χ3v) is 5.61. The van der Waals surface area contributed by atoms with Crippen molar-refractivity contribution < 1.29 is 18.0 Å². The average Bonchev–Trinajstić information content (AvgIpc) is 3.37. The second-order valence-corrected chi connectivity index (χ2v) is 7.70. The Bertz CT molecular complexity index is 1180. The lowest BCUT2D eigenvalue weighted by Crippen LogP contribution is -2.14. The predicted octanol–water partition coefficient (Wildman–Crippen LogP) is 6.79. The van der Waals surface area contributed by atoms with Gasteiger partial charge in [-0.15, -0.1) is 11.3 Å². The van der Waals surface area contributed by atoms with E-state index in [-0.39, 0.29) is 5.69 Å². The van der Waals surface area contributed by atoms with Crippen LogP contribution in [0, 0.1) is 6.92 Å². The molecule has 0 aliphatic heterocycles. The third kappa shape index (κ3) is 4.02. The lowest BCUT2D eigenvalue weighted by Gasteiger charge is -2.12. The van der Waals surface area contributed by atoms with Crippen molar-refractivity contribution in [3.8, 4) is 16.8 Å². The molecule has 2 aromatic carbocycles. The zero-order valence-corrected chi connectivity index (χ0v) is 16.7. The second-order valence-electron chi connectivity index (χ2n) is 6.82. The Balaban J connectivity index is 1.72. The quantitative estimate of drug-likeness (QED) is 0.383. The van der Waals surface area contributed by atoms with Gasteiger partial charge in [0.15, 0.2) is 0 Å². The van der Waals surface area contributed by atoms with Crippen molar-refractivity contribution in [1.29, 1.82) is 0 Å². The van der Waals surface area contributed by atoms with Crippen LogP contribution in [0.2, 0.25) is 0 Å². The smallest absolute Gasteiger partial charge is 0.322 e. The normalized spacial score (nSPS) is 11.5. The lowest BCUT2D eigenvalue weighted by atomic mass is 10.0. The molecule has 0 radical (unpaired) electrons.